The van der Waals surface area contributed by atoms with Crippen LogP contribution in [-0.2, 0) is 16.7 Å². The van der Waals surface area contributed by atoms with Crippen molar-refractivity contribution in [3.8, 4) is 16.9 Å². The van der Waals surface area contributed by atoms with Crippen LogP contribution in [-0.4, -0.2) is 42.1 Å². The van der Waals surface area contributed by atoms with E-state index in [0.29, 0.717) is 12.8 Å². The molecule has 0 amide bonds. The summed E-state index contributed by atoms with van der Waals surface area (Å²) in [6, 6.07) is 20.1. The Morgan fingerprint density at radius 2 is 1.64 bits per heavy atom. The molecule has 0 aliphatic carbocycles. The number of quaternary nitrogens is 1. The SMILES string of the molecule is C[NH+](CCCCS(=O)(=O)[O-])Cc1cn(-c2ccccc2)nc1-c1ccccc1. The third-order valence-corrected chi connectivity index (χ3v) is 5.39. The van der Waals surface area contributed by atoms with Crippen LogP contribution in [0.3, 0.4) is 0 Å². The maximum absolute atomic E-state index is 10.7. The number of hydrogen-bond acceptors (Lipinski definition) is 4. The molecule has 28 heavy (non-hydrogen) atoms. The molecule has 1 aromatic heterocycles. The molecule has 1 unspecified atom stereocenters. The topological polar surface area (TPSA) is 79.5 Å². The number of aromatic nitrogens is 2. The van der Waals surface area contributed by atoms with Crippen molar-refractivity contribution < 1.29 is 17.9 Å². The van der Waals surface area contributed by atoms with Crippen LogP contribution in [0.5, 0.6) is 0 Å². The lowest BCUT2D eigenvalue weighted by Gasteiger charge is -2.14. The van der Waals surface area contributed by atoms with Gasteiger partial charge in [0.1, 0.15) is 12.2 Å². The maximum atomic E-state index is 10.7. The van der Waals surface area contributed by atoms with Crippen molar-refractivity contribution in [1.82, 2.24) is 9.78 Å². The summed E-state index contributed by atoms with van der Waals surface area (Å²) < 4.78 is 34.1. The zero-order valence-corrected chi connectivity index (χ0v) is 16.7. The number of unbranched alkanes of at least 4 members (excludes halogenated alkanes) is 1. The number of rotatable bonds is 9. The Labute approximate surface area is 166 Å². The summed E-state index contributed by atoms with van der Waals surface area (Å²) in [7, 11) is -2.05. The summed E-state index contributed by atoms with van der Waals surface area (Å²) in [6.07, 6.45) is 3.15. The van der Waals surface area contributed by atoms with Crippen molar-refractivity contribution in [3.05, 3.63) is 72.4 Å². The van der Waals surface area contributed by atoms with E-state index >= 15 is 0 Å². The minimum absolute atomic E-state index is 0.290. The lowest BCUT2D eigenvalue weighted by Crippen LogP contribution is -3.07. The highest BCUT2D eigenvalue weighted by atomic mass is 32.2. The van der Waals surface area contributed by atoms with E-state index in [0.717, 1.165) is 35.6 Å². The fourth-order valence-electron chi connectivity index (χ4n) is 3.21. The van der Waals surface area contributed by atoms with Gasteiger partial charge < -0.3 is 9.45 Å². The van der Waals surface area contributed by atoms with Gasteiger partial charge in [0, 0.05) is 17.5 Å². The predicted octanol–water partition coefficient (Wildman–Crippen LogP) is 1.88. The van der Waals surface area contributed by atoms with Crippen molar-refractivity contribution in [2.75, 3.05) is 19.3 Å². The first-order valence-corrected chi connectivity index (χ1v) is 10.9. The number of para-hydroxylation sites is 1. The van der Waals surface area contributed by atoms with Crippen molar-refractivity contribution >= 4 is 10.1 Å². The Bertz CT molecular complexity index is 986. The zero-order valence-electron chi connectivity index (χ0n) is 15.9. The Kier molecular flexibility index (Phi) is 6.61. The molecule has 0 fully saturated rings. The van der Waals surface area contributed by atoms with E-state index in [1.54, 1.807) is 0 Å². The van der Waals surface area contributed by atoms with Crippen LogP contribution < -0.4 is 4.90 Å². The molecule has 0 spiro atoms. The lowest BCUT2D eigenvalue weighted by atomic mass is 10.1. The Morgan fingerprint density at radius 3 is 2.29 bits per heavy atom. The smallest absolute Gasteiger partial charge is 0.106 e. The van der Waals surface area contributed by atoms with Gasteiger partial charge in [0.2, 0.25) is 0 Å². The largest absolute Gasteiger partial charge is 0.748 e. The van der Waals surface area contributed by atoms with Crippen LogP contribution in [0, 0.1) is 0 Å². The fourth-order valence-corrected chi connectivity index (χ4v) is 3.77. The average molecular weight is 400 g/mol. The number of nitrogens with zero attached hydrogens (tertiary/aromatic N) is 2. The highest BCUT2D eigenvalue weighted by Gasteiger charge is 2.16. The number of nitrogens with one attached hydrogen (secondary N) is 1. The Hall–Kier alpha value is -2.48. The molecular weight excluding hydrogens is 374 g/mol. The van der Waals surface area contributed by atoms with Gasteiger partial charge in [-0.05, 0) is 25.0 Å². The van der Waals surface area contributed by atoms with Crippen LogP contribution in [0.2, 0.25) is 0 Å². The Morgan fingerprint density at radius 1 is 1.00 bits per heavy atom. The van der Waals surface area contributed by atoms with Crippen LogP contribution in [0.15, 0.2) is 66.9 Å². The van der Waals surface area contributed by atoms with Gasteiger partial charge in [-0.1, -0.05) is 48.5 Å². The lowest BCUT2D eigenvalue weighted by molar-refractivity contribution is -0.893. The van der Waals surface area contributed by atoms with E-state index in [1.807, 2.05) is 53.2 Å². The molecule has 3 aromatic rings. The van der Waals surface area contributed by atoms with Gasteiger partial charge in [-0.3, -0.25) is 0 Å². The third kappa shape index (κ3) is 5.76. The first-order valence-electron chi connectivity index (χ1n) is 9.36. The minimum Gasteiger partial charge on any atom is -0.748 e. The first-order chi connectivity index (χ1) is 13.4. The molecule has 7 heteroatoms. The second kappa shape index (κ2) is 9.14. The molecule has 6 nitrogen and oxygen atoms in total. The number of hydrogen-bond donors (Lipinski definition) is 1. The molecule has 0 aliphatic heterocycles. The fraction of sp³-hybridized carbons (Fsp3) is 0.286. The van der Waals surface area contributed by atoms with Crippen molar-refractivity contribution in [3.63, 3.8) is 0 Å². The van der Waals surface area contributed by atoms with Crippen LogP contribution >= 0.6 is 0 Å². The standard InChI is InChI=1S/C21H25N3O3S/c1-23(14-8-9-15-28(25,26)27)16-19-17-24(20-12-6-3-7-13-20)22-21(19)18-10-4-2-5-11-18/h2-7,10-13,17H,8-9,14-16H2,1H3,(H,25,26,27). The average Bonchev–Trinajstić information content (AvgIpc) is 3.10. The highest BCUT2D eigenvalue weighted by Crippen LogP contribution is 2.23. The summed E-state index contributed by atoms with van der Waals surface area (Å²) in [6.45, 7) is 1.56. The molecule has 1 heterocycles. The van der Waals surface area contributed by atoms with Crippen molar-refractivity contribution in [2.24, 2.45) is 0 Å². The molecular formula is C21H25N3O3S. The van der Waals surface area contributed by atoms with E-state index in [-0.39, 0.29) is 5.75 Å². The van der Waals surface area contributed by atoms with Gasteiger partial charge in [0.15, 0.2) is 0 Å². The molecule has 3 rings (SSSR count). The quantitative estimate of drug-likeness (QED) is 0.440. The van der Waals surface area contributed by atoms with Gasteiger partial charge in [0.25, 0.3) is 0 Å². The monoisotopic (exact) mass is 399 g/mol. The molecule has 0 radical (unpaired) electrons. The van der Waals surface area contributed by atoms with Gasteiger partial charge >= 0.3 is 0 Å². The van der Waals surface area contributed by atoms with Gasteiger partial charge in [-0.2, -0.15) is 5.10 Å². The van der Waals surface area contributed by atoms with E-state index in [4.69, 9.17) is 5.10 Å². The summed E-state index contributed by atoms with van der Waals surface area (Å²) in [5.74, 6) is -0.290. The molecule has 0 aliphatic rings. The molecule has 0 saturated carbocycles. The third-order valence-electron chi connectivity index (χ3n) is 4.60. The second-order valence-corrected chi connectivity index (χ2v) is 8.53. The predicted molar refractivity (Wildman–Crippen MR) is 108 cm³/mol. The molecule has 2 aromatic carbocycles. The van der Waals surface area contributed by atoms with Gasteiger partial charge in [-0.25, -0.2) is 13.1 Å². The Balaban J connectivity index is 1.76. The first kappa shape index (κ1) is 20.3. The summed E-state index contributed by atoms with van der Waals surface area (Å²) in [4.78, 5) is 1.24. The van der Waals surface area contributed by atoms with Crippen LogP contribution in [0.25, 0.3) is 16.9 Å². The summed E-state index contributed by atoms with van der Waals surface area (Å²) in [5.41, 5.74) is 4.15. The summed E-state index contributed by atoms with van der Waals surface area (Å²) in [5, 5.41) is 4.82. The van der Waals surface area contributed by atoms with Crippen molar-refractivity contribution in [1.29, 1.82) is 0 Å². The normalized spacial score (nSPS) is 12.8. The zero-order chi connectivity index (χ0) is 20.0. The molecule has 0 bridgehead atoms. The molecule has 1 N–H and O–H groups in total. The maximum Gasteiger partial charge on any atom is 0.106 e. The van der Waals surface area contributed by atoms with Crippen molar-refractivity contribution in [2.45, 2.75) is 19.4 Å². The highest BCUT2D eigenvalue weighted by molar-refractivity contribution is 7.85. The minimum atomic E-state index is -4.12. The number of benzene rings is 2. The van der Waals surface area contributed by atoms with E-state index in [9.17, 15) is 13.0 Å². The molecule has 0 saturated heterocycles. The molecule has 148 valence electrons. The summed E-state index contributed by atoms with van der Waals surface area (Å²) >= 11 is 0. The van der Waals surface area contributed by atoms with E-state index in [2.05, 4.69) is 25.4 Å². The van der Waals surface area contributed by atoms with Crippen LogP contribution in [0.1, 0.15) is 18.4 Å². The second-order valence-electron chi connectivity index (χ2n) is 7.00. The van der Waals surface area contributed by atoms with Gasteiger partial charge in [0.05, 0.1) is 35.0 Å². The van der Waals surface area contributed by atoms with E-state index in [1.165, 1.54) is 4.90 Å². The van der Waals surface area contributed by atoms with Crippen LogP contribution in [0.4, 0.5) is 0 Å². The molecule has 1 atom stereocenters. The van der Waals surface area contributed by atoms with Gasteiger partial charge in [-0.15, -0.1) is 0 Å². The van der Waals surface area contributed by atoms with E-state index < -0.39 is 10.1 Å².